The van der Waals surface area contributed by atoms with Crippen LogP contribution < -0.4 is 5.32 Å². The summed E-state index contributed by atoms with van der Waals surface area (Å²) in [6.07, 6.45) is 3.45. The summed E-state index contributed by atoms with van der Waals surface area (Å²) in [5, 5.41) is 3.79. The number of aryl methyl sites for hydroxylation is 2. The number of sulfonamides is 1. The summed E-state index contributed by atoms with van der Waals surface area (Å²) in [5.74, 6) is -0.291. The molecule has 0 radical (unpaired) electrons. The number of carbonyl (C=O) groups is 1. The van der Waals surface area contributed by atoms with Gasteiger partial charge in [0.1, 0.15) is 0 Å². The summed E-state index contributed by atoms with van der Waals surface area (Å²) in [6, 6.07) is 11.8. The summed E-state index contributed by atoms with van der Waals surface area (Å²) in [4.78, 5) is 17.4. The van der Waals surface area contributed by atoms with Gasteiger partial charge in [0.15, 0.2) is 0 Å². The lowest BCUT2D eigenvalue weighted by atomic mass is 10.0. The van der Waals surface area contributed by atoms with Gasteiger partial charge in [0.25, 0.3) is 5.91 Å². The molecule has 0 atom stereocenters. The van der Waals surface area contributed by atoms with E-state index in [0.717, 1.165) is 34.9 Å². The van der Waals surface area contributed by atoms with Crippen LogP contribution in [0.4, 0.5) is 5.69 Å². The quantitative estimate of drug-likeness (QED) is 0.709. The molecule has 6 nitrogen and oxygen atoms in total. The van der Waals surface area contributed by atoms with Crippen molar-refractivity contribution in [3.63, 3.8) is 0 Å². The molecule has 0 saturated carbocycles. The van der Waals surface area contributed by atoms with E-state index in [9.17, 15) is 13.2 Å². The number of amides is 1. The Balaban J connectivity index is 1.58. The lowest BCUT2D eigenvalue weighted by Gasteiger charge is -2.15. The average molecular weight is 410 g/mol. The average Bonchev–Trinajstić information content (AvgIpc) is 3.27. The molecule has 1 aromatic heterocycles. The van der Waals surface area contributed by atoms with Gasteiger partial charge in [0.2, 0.25) is 10.0 Å². The molecule has 1 saturated heterocycles. The molecule has 1 aliphatic rings. The topological polar surface area (TPSA) is 79.4 Å². The smallest absolute Gasteiger partial charge is 0.255 e. The Morgan fingerprint density at radius 2 is 1.69 bits per heavy atom. The van der Waals surface area contributed by atoms with Gasteiger partial charge in [-0.25, -0.2) is 8.42 Å². The van der Waals surface area contributed by atoms with Crippen LogP contribution in [0.1, 0.15) is 34.3 Å². The van der Waals surface area contributed by atoms with Gasteiger partial charge in [-0.15, -0.1) is 0 Å². The zero-order valence-corrected chi connectivity index (χ0v) is 17.3. The Bertz CT molecular complexity index is 1180. The molecule has 0 aliphatic carbocycles. The first kappa shape index (κ1) is 19.5. The highest BCUT2D eigenvalue weighted by Crippen LogP contribution is 2.27. The molecule has 2 aromatic carbocycles. The zero-order chi connectivity index (χ0) is 20.6. The molecule has 3 aromatic rings. The number of hydrogen-bond acceptors (Lipinski definition) is 4. The van der Waals surface area contributed by atoms with E-state index >= 15 is 0 Å². The van der Waals surface area contributed by atoms with E-state index in [0.29, 0.717) is 24.3 Å². The van der Waals surface area contributed by atoms with Crippen LogP contribution in [-0.4, -0.2) is 36.7 Å². The Hall–Kier alpha value is -2.77. The van der Waals surface area contributed by atoms with Crippen LogP contribution in [0.3, 0.4) is 0 Å². The van der Waals surface area contributed by atoms with Gasteiger partial charge >= 0.3 is 0 Å². The molecule has 1 fully saturated rings. The fraction of sp³-hybridized carbons (Fsp3) is 0.273. The Labute approximate surface area is 170 Å². The number of nitrogens with one attached hydrogen (secondary N) is 1. The fourth-order valence-corrected chi connectivity index (χ4v) is 5.14. The number of nitrogens with zero attached hydrogens (tertiary/aromatic N) is 2. The van der Waals surface area contributed by atoms with Crippen LogP contribution in [0, 0.1) is 13.8 Å². The third-order valence-electron chi connectivity index (χ3n) is 5.50. The lowest BCUT2D eigenvalue weighted by Crippen LogP contribution is -2.27. The van der Waals surface area contributed by atoms with Gasteiger partial charge in [-0.05, 0) is 68.1 Å². The maximum Gasteiger partial charge on any atom is 0.255 e. The number of fused-ring (bicyclic) bond motifs is 1. The van der Waals surface area contributed by atoms with E-state index in [4.69, 9.17) is 0 Å². The highest BCUT2D eigenvalue weighted by molar-refractivity contribution is 7.89. The van der Waals surface area contributed by atoms with Crippen LogP contribution in [-0.2, 0) is 10.0 Å². The normalized spacial score (nSPS) is 15.0. The number of anilines is 1. The Kier molecular flexibility index (Phi) is 5.10. The molecule has 4 rings (SSSR count). The maximum absolute atomic E-state index is 12.7. The molecule has 0 bridgehead atoms. The highest BCUT2D eigenvalue weighted by atomic mass is 32.2. The fourth-order valence-electron chi connectivity index (χ4n) is 3.62. The number of benzene rings is 2. The second-order valence-corrected chi connectivity index (χ2v) is 9.29. The van der Waals surface area contributed by atoms with Crippen molar-refractivity contribution in [2.45, 2.75) is 31.6 Å². The molecule has 2 heterocycles. The van der Waals surface area contributed by atoms with Crippen molar-refractivity contribution in [1.82, 2.24) is 9.29 Å². The molecule has 150 valence electrons. The predicted molar refractivity (Wildman–Crippen MR) is 114 cm³/mol. The summed E-state index contributed by atoms with van der Waals surface area (Å²) in [7, 11) is -3.48. The van der Waals surface area contributed by atoms with Gasteiger partial charge in [-0.3, -0.25) is 9.78 Å². The molecular weight excluding hydrogens is 386 g/mol. The van der Waals surface area contributed by atoms with E-state index < -0.39 is 10.0 Å². The van der Waals surface area contributed by atoms with Crippen molar-refractivity contribution in [1.29, 1.82) is 0 Å². The standard InChI is InChI=1S/C22H23N3O3S/c1-15-5-10-19-20(11-12-23-21(19)16(15)2)24-22(26)17-6-8-18(9-7-17)29(27,28)25-13-3-4-14-25/h5-12H,3-4,13-14H2,1-2H3,(H,23,24,26). The van der Waals surface area contributed by atoms with Crippen LogP contribution in [0.15, 0.2) is 53.6 Å². The molecule has 0 spiro atoms. The summed E-state index contributed by atoms with van der Waals surface area (Å²) in [5.41, 5.74) is 4.16. The van der Waals surface area contributed by atoms with Crippen LogP contribution in [0.5, 0.6) is 0 Å². The minimum atomic E-state index is -3.48. The van der Waals surface area contributed by atoms with Crippen molar-refractivity contribution in [3.8, 4) is 0 Å². The SMILES string of the molecule is Cc1ccc2c(NC(=O)c3ccc(S(=O)(=O)N4CCCC4)cc3)ccnc2c1C. The van der Waals surface area contributed by atoms with Gasteiger partial charge in [0, 0.05) is 30.2 Å². The molecule has 1 aliphatic heterocycles. The maximum atomic E-state index is 12.7. The third kappa shape index (κ3) is 3.63. The molecular formula is C22H23N3O3S. The molecule has 1 amide bonds. The van der Waals surface area contributed by atoms with Gasteiger partial charge in [0.05, 0.1) is 16.1 Å². The third-order valence-corrected chi connectivity index (χ3v) is 7.42. The highest BCUT2D eigenvalue weighted by Gasteiger charge is 2.27. The van der Waals surface area contributed by atoms with Gasteiger partial charge in [-0.1, -0.05) is 12.1 Å². The molecule has 7 heteroatoms. The number of rotatable bonds is 4. The van der Waals surface area contributed by atoms with Crippen molar-refractivity contribution in [3.05, 3.63) is 65.4 Å². The monoisotopic (exact) mass is 409 g/mol. The van der Waals surface area contributed by atoms with Crippen LogP contribution in [0.2, 0.25) is 0 Å². The summed E-state index contributed by atoms with van der Waals surface area (Å²) in [6.45, 7) is 5.15. The number of hydrogen-bond donors (Lipinski definition) is 1. The first-order chi connectivity index (χ1) is 13.9. The van der Waals surface area contributed by atoms with Crippen LogP contribution >= 0.6 is 0 Å². The van der Waals surface area contributed by atoms with E-state index in [-0.39, 0.29) is 10.8 Å². The van der Waals surface area contributed by atoms with Gasteiger partial charge in [-0.2, -0.15) is 4.31 Å². The van der Waals surface area contributed by atoms with Crippen molar-refractivity contribution < 1.29 is 13.2 Å². The van der Waals surface area contributed by atoms with Crippen molar-refractivity contribution in [2.75, 3.05) is 18.4 Å². The summed E-state index contributed by atoms with van der Waals surface area (Å²) >= 11 is 0. The van der Waals surface area contributed by atoms with E-state index in [1.165, 1.54) is 16.4 Å². The van der Waals surface area contributed by atoms with E-state index in [1.807, 2.05) is 26.0 Å². The summed E-state index contributed by atoms with van der Waals surface area (Å²) < 4.78 is 26.8. The number of pyridine rings is 1. The first-order valence-corrected chi connectivity index (χ1v) is 11.1. The van der Waals surface area contributed by atoms with E-state index in [1.54, 1.807) is 24.4 Å². The predicted octanol–water partition coefficient (Wildman–Crippen LogP) is 3.89. The Morgan fingerprint density at radius 1 is 1.00 bits per heavy atom. The molecule has 29 heavy (non-hydrogen) atoms. The van der Waals surface area contributed by atoms with Crippen LogP contribution in [0.25, 0.3) is 10.9 Å². The number of aromatic nitrogens is 1. The van der Waals surface area contributed by atoms with Crippen molar-refractivity contribution in [2.24, 2.45) is 0 Å². The second-order valence-electron chi connectivity index (χ2n) is 7.35. The van der Waals surface area contributed by atoms with E-state index in [2.05, 4.69) is 10.3 Å². The zero-order valence-electron chi connectivity index (χ0n) is 16.5. The number of carbonyl (C=O) groups excluding carboxylic acids is 1. The Morgan fingerprint density at radius 3 is 2.38 bits per heavy atom. The second kappa shape index (κ2) is 7.57. The molecule has 1 N–H and O–H groups in total. The first-order valence-electron chi connectivity index (χ1n) is 9.64. The minimum Gasteiger partial charge on any atom is -0.321 e. The lowest BCUT2D eigenvalue weighted by molar-refractivity contribution is 0.102. The minimum absolute atomic E-state index is 0.219. The molecule has 0 unspecified atom stereocenters. The van der Waals surface area contributed by atoms with Gasteiger partial charge < -0.3 is 5.32 Å². The van der Waals surface area contributed by atoms with Crippen molar-refractivity contribution >= 4 is 32.5 Å². The largest absolute Gasteiger partial charge is 0.321 e.